The lowest BCUT2D eigenvalue weighted by Crippen LogP contribution is -2.32. The Hall–Kier alpha value is -1.82. The van der Waals surface area contributed by atoms with Crippen LogP contribution in [0.1, 0.15) is 29.7 Å². The SMILES string of the molecule is Cc1cc(CN2CCSCC2)ccc1NC(=O)C(C)C(N)c1ccccc1. The molecule has 2 unspecified atom stereocenters. The largest absolute Gasteiger partial charge is 0.326 e. The third-order valence-electron chi connectivity index (χ3n) is 5.20. The number of hydrogen-bond donors (Lipinski definition) is 2. The first-order chi connectivity index (χ1) is 13.0. The summed E-state index contributed by atoms with van der Waals surface area (Å²) >= 11 is 2.03. The molecule has 0 radical (unpaired) electrons. The van der Waals surface area contributed by atoms with Gasteiger partial charge in [-0.1, -0.05) is 49.4 Å². The second kappa shape index (κ2) is 9.40. The van der Waals surface area contributed by atoms with Gasteiger partial charge >= 0.3 is 0 Å². The van der Waals surface area contributed by atoms with Crippen LogP contribution in [-0.2, 0) is 11.3 Å². The number of nitrogens with one attached hydrogen (secondary N) is 1. The number of nitrogens with two attached hydrogens (primary N) is 1. The van der Waals surface area contributed by atoms with E-state index >= 15 is 0 Å². The molecule has 4 nitrogen and oxygen atoms in total. The highest BCUT2D eigenvalue weighted by molar-refractivity contribution is 7.99. The molecule has 0 aliphatic carbocycles. The summed E-state index contributed by atoms with van der Waals surface area (Å²) in [6.07, 6.45) is 0. The minimum atomic E-state index is -0.317. The van der Waals surface area contributed by atoms with Gasteiger partial charge in [0.15, 0.2) is 0 Å². The molecule has 3 rings (SSSR count). The lowest BCUT2D eigenvalue weighted by atomic mass is 9.94. The van der Waals surface area contributed by atoms with Gasteiger partial charge < -0.3 is 11.1 Å². The Morgan fingerprint density at radius 3 is 2.56 bits per heavy atom. The second-order valence-corrected chi connectivity index (χ2v) is 8.48. The molecule has 1 fully saturated rings. The zero-order valence-electron chi connectivity index (χ0n) is 16.2. The van der Waals surface area contributed by atoms with E-state index in [1.807, 2.05) is 62.0 Å². The number of anilines is 1. The van der Waals surface area contributed by atoms with E-state index in [1.54, 1.807) is 0 Å². The first kappa shape index (κ1) is 19.9. The molecule has 0 saturated carbocycles. The highest BCUT2D eigenvalue weighted by Gasteiger charge is 2.22. The fourth-order valence-electron chi connectivity index (χ4n) is 3.36. The van der Waals surface area contributed by atoms with Gasteiger partial charge in [-0.05, 0) is 29.7 Å². The Balaban J connectivity index is 1.61. The van der Waals surface area contributed by atoms with E-state index in [0.717, 1.165) is 36.4 Å². The second-order valence-electron chi connectivity index (χ2n) is 7.25. The van der Waals surface area contributed by atoms with Crippen molar-refractivity contribution in [1.82, 2.24) is 4.90 Å². The maximum absolute atomic E-state index is 12.7. The Bertz CT molecular complexity index is 759. The normalized spacial score (nSPS) is 17.3. The number of aryl methyl sites for hydroxylation is 1. The van der Waals surface area contributed by atoms with E-state index in [-0.39, 0.29) is 17.9 Å². The Morgan fingerprint density at radius 1 is 1.19 bits per heavy atom. The molecule has 1 saturated heterocycles. The van der Waals surface area contributed by atoms with Gasteiger partial charge in [0.1, 0.15) is 0 Å². The Labute approximate surface area is 166 Å². The smallest absolute Gasteiger partial charge is 0.229 e. The molecule has 144 valence electrons. The topological polar surface area (TPSA) is 58.4 Å². The predicted octanol–water partition coefficient (Wildman–Crippen LogP) is 3.82. The minimum Gasteiger partial charge on any atom is -0.326 e. The first-order valence-electron chi connectivity index (χ1n) is 9.55. The molecule has 0 spiro atoms. The van der Waals surface area contributed by atoms with E-state index in [1.165, 1.54) is 17.1 Å². The number of thioether (sulfide) groups is 1. The zero-order valence-corrected chi connectivity index (χ0v) is 17.0. The van der Waals surface area contributed by atoms with Gasteiger partial charge in [-0.2, -0.15) is 11.8 Å². The van der Waals surface area contributed by atoms with Crippen LogP contribution >= 0.6 is 11.8 Å². The van der Waals surface area contributed by atoms with E-state index in [4.69, 9.17) is 5.73 Å². The molecule has 5 heteroatoms. The summed E-state index contributed by atoms with van der Waals surface area (Å²) in [5.41, 5.74) is 10.5. The summed E-state index contributed by atoms with van der Waals surface area (Å²) in [5.74, 6) is 2.08. The fraction of sp³-hybridized carbons (Fsp3) is 0.409. The molecule has 0 bridgehead atoms. The molecule has 2 aromatic rings. The summed E-state index contributed by atoms with van der Waals surface area (Å²) < 4.78 is 0. The van der Waals surface area contributed by atoms with Crippen molar-refractivity contribution >= 4 is 23.4 Å². The number of carbonyl (C=O) groups excluding carboxylic acids is 1. The monoisotopic (exact) mass is 383 g/mol. The average Bonchev–Trinajstić information content (AvgIpc) is 2.70. The van der Waals surface area contributed by atoms with Crippen LogP contribution in [0.25, 0.3) is 0 Å². The summed E-state index contributed by atoms with van der Waals surface area (Å²) in [6, 6.07) is 15.8. The molecular weight excluding hydrogens is 354 g/mol. The molecule has 1 amide bonds. The van der Waals surface area contributed by atoms with Gasteiger partial charge in [0.2, 0.25) is 5.91 Å². The zero-order chi connectivity index (χ0) is 19.2. The van der Waals surface area contributed by atoms with Crippen LogP contribution in [0.4, 0.5) is 5.69 Å². The number of rotatable bonds is 6. The number of nitrogens with zero attached hydrogens (tertiary/aromatic N) is 1. The quantitative estimate of drug-likeness (QED) is 0.796. The number of amides is 1. The van der Waals surface area contributed by atoms with Crippen LogP contribution in [0.5, 0.6) is 0 Å². The Morgan fingerprint density at radius 2 is 1.89 bits per heavy atom. The van der Waals surface area contributed by atoms with Crippen molar-refractivity contribution in [3.63, 3.8) is 0 Å². The van der Waals surface area contributed by atoms with Gasteiger partial charge in [0.05, 0.1) is 5.92 Å². The lowest BCUT2D eigenvalue weighted by molar-refractivity contribution is -0.120. The molecule has 2 atom stereocenters. The van der Waals surface area contributed by atoms with Crippen molar-refractivity contribution in [3.8, 4) is 0 Å². The van der Waals surface area contributed by atoms with Gasteiger partial charge in [0, 0.05) is 42.9 Å². The number of hydrogen-bond acceptors (Lipinski definition) is 4. The van der Waals surface area contributed by atoms with Crippen molar-refractivity contribution in [2.24, 2.45) is 11.7 Å². The van der Waals surface area contributed by atoms with Crippen LogP contribution in [0.3, 0.4) is 0 Å². The molecular formula is C22H29N3OS. The maximum Gasteiger partial charge on any atom is 0.229 e. The molecule has 1 aliphatic heterocycles. The average molecular weight is 384 g/mol. The molecule has 1 heterocycles. The predicted molar refractivity (Wildman–Crippen MR) is 115 cm³/mol. The first-order valence-corrected chi connectivity index (χ1v) is 10.7. The van der Waals surface area contributed by atoms with Crippen molar-refractivity contribution in [1.29, 1.82) is 0 Å². The van der Waals surface area contributed by atoms with Crippen LogP contribution < -0.4 is 11.1 Å². The Kier molecular flexibility index (Phi) is 6.94. The summed E-state index contributed by atoms with van der Waals surface area (Å²) in [4.78, 5) is 15.2. The third kappa shape index (κ3) is 5.34. The summed E-state index contributed by atoms with van der Waals surface area (Å²) in [5, 5.41) is 3.06. The summed E-state index contributed by atoms with van der Waals surface area (Å²) in [6.45, 7) is 7.21. The molecule has 1 aliphatic rings. The number of carbonyl (C=O) groups is 1. The van der Waals surface area contributed by atoms with Crippen molar-refractivity contribution in [3.05, 3.63) is 65.2 Å². The van der Waals surface area contributed by atoms with E-state index in [9.17, 15) is 4.79 Å². The van der Waals surface area contributed by atoms with Crippen LogP contribution in [0.2, 0.25) is 0 Å². The standard InChI is InChI=1S/C22H29N3OS/c1-16-14-18(15-25-10-12-27-13-11-25)8-9-20(16)24-22(26)17(2)21(23)19-6-4-3-5-7-19/h3-9,14,17,21H,10-13,15,23H2,1-2H3,(H,24,26). The minimum absolute atomic E-state index is 0.0461. The fourth-order valence-corrected chi connectivity index (χ4v) is 4.33. The van der Waals surface area contributed by atoms with Crippen molar-refractivity contribution < 1.29 is 4.79 Å². The molecule has 2 aromatic carbocycles. The van der Waals surface area contributed by atoms with Gasteiger partial charge in [-0.3, -0.25) is 9.69 Å². The van der Waals surface area contributed by atoms with Crippen molar-refractivity contribution in [2.75, 3.05) is 29.9 Å². The highest BCUT2D eigenvalue weighted by atomic mass is 32.2. The number of benzene rings is 2. The van der Waals surface area contributed by atoms with Gasteiger partial charge in [0.25, 0.3) is 0 Å². The van der Waals surface area contributed by atoms with E-state index in [0.29, 0.717) is 0 Å². The van der Waals surface area contributed by atoms with E-state index < -0.39 is 0 Å². The van der Waals surface area contributed by atoms with Crippen LogP contribution in [0.15, 0.2) is 48.5 Å². The van der Waals surface area contributed by atoms with Gasteiger partial charge in [-0.25, -0.2) is 0 Å². The van der Waals surface area contributed by atoms with E-state index in [2.05, 4.69) is 22.3 Å². The van der Waals surface area contributed by atoms with Crippen LogP contribution in [-0.4, -0.2) is 35.4 Å². The maximum atomic E-state index is 12.7. The van der Waals surface area contributed by atoms with Crippen molar-refractivity contribution in [2.45, 2.75) is 26.4 Å². The summed E-state index contributed by atoms with van der Waals surface area (Å²) in [7, 11) is 0. The highest BCUT2D eigenvalue weighted by Crippen LogP contribution is 2.23. The molecule has 27 heavy (non-hydrogen) atoms. The lowest BCUT2D eigenvalue weighted by Gasteiger charge is -2.26. The van der Waals surface area contributed by atoms with Gasteiger partial charge in [-0.15, -0.1) is 0 Å². The third-order valence-corrected chi connectivity index (χ3v) is 6.14. The molecule has 0 aromatic heterocycles. The molecule has 3 N–H and O–H groups in total. The van der Waals surface area contributed by atoms with Crippen LogP contribution in [0, 0.1) is 12.8 Å².